The lowest BCUT2D eigenvalue weighted by Gasteiger charge is -2.12. The summed E-state index contributed by atoms with van der Waals surface area (Å²) in [5, 5.41) is 11.9. The Morgan fingerprint density at radius 2 is 2.11 bits per heavy atom. The molecule has 0 saturated heterocycles. The van der Waals surface area contributed by atoms with E-state index in [0.29, 0.717) is 16.8 Å². The van der Waals surface area contributed by atoms with E-state index in [0.717, 1.165) is 17.9 Å². The number of rotatable bonds is 7. The maximum Gasteiger partial charge on any atom is 0.234 e. The quantitative estimate of drug-likeness (QED) is 0.625. The number of benzene rings is 1. The molecule has 6 nitrogen and oxygen atoms in total. The van der Waals surface area contributed by atoms with E-state index in [2.05, 4.69) is 34.3 Å². The van der Waals surface area contributed by atoms with Gasteiger partial charge in [-0.25, -0.2) is 4.39 Å². The van der Waals surface area contributed by atoms with Gasteiger partial charge >= 0.3 is 0 Å². The zero-order chi connectivity index (χ0) is 19.2. The number of pyridine rings is 1. The molecule has 0 aliphatic rings. The average molecular weight is 385 g/mol. The zero-order valence-electron chi connectivity index (χ0n) is 15.1. The molecule has 0 fully saturated rings. The largest absolute Gasteiger partial charge is 0.325 e. The van der Waals surface area contributed by atoms with Crippen molar-refractivity contribution in [2.75, 3.05) is 11.1 Å². The van der Waals surface area contributed by atoms with Crippen molar-refractivity contribution in [2.24, 2.45) is 5.92 Å². The molecular weight excluding hydrogens is 365 g/mol. The summed E-state index contributed by atoms with van der Waals surface area (Å²) in [5.41, 5.74) is 1.31. The van der Waals surface area contributed by atoms with Crippen LogP contribution in [0.1, 0.15) is 13.8 Å². The number of nitrogens with one attached hydrogen (secondary N) is 1. The minimum Gasteiger partial charge on any atom is -0.325 e. The van der Waals surface area contributed by atoms with Crippen LogP contribution in [0.25, 0.3) is 11.4 Å². The first-order chi connectivity index (χ1) is 13.0. The van der Waals surface area contributed by atoms with Gasteiger partial charge in [-0.05, 0) is 36.2 Å². The molecule has 2 aromatic heterocycles. The fourth-order valence-corrected chi connectivity index (χ4v) is 3.27. The standard InChI is InChI=1S/C19H20FN5OS/c1-13(2)11-25-18(14-5-4-8-21-10-14)23-24-19(25)27-12-17(26)22-16-7-3-6-15(20)9-16/h3-10,13H,11-12H2,1-2H3,(H,22,26). The minimum absolute atomic E-state index is 0.153. The predicted molar refractivity (Wildman–Crippen MR) is 104 cm³/mol. The molecule has 0 unspecified atom stereocenters. The van der Waals surface area contributed by atoms with E-state index in [9.17, 15) is 9.18 Å². The lowest BCUT2D eigenvalue weighted by Crippen LogP contribution is -2.15. The van der Waals surface area contributed by atoms with Crippen LogP contribution in [0.5, 0.6) is 0 Å². The Labute approximate surface area is 161 Å². The molecule has 0 aliphatic heterocycles. The molecule has 3 rings (SSSR count). The van der Waals surface area contributed by atoms with Gasteiger partial charge in [0, 0.05) is 30.2 Å². The van der Waals surface area contributed by atoms with Gasteiger partial charge in [-0.1, -0.05) is 31.7 Å². The molecule has 1 amide bonds. The van der Waals surface area contributed by atoms with Crippen LogP contribution in [0.3, 0.4) is 0 Å². The summed E-state index contributed by atoms with van der Waals surface area (Å²) in [6.07, 6.45) is 3.45. The molecule has 3 aromatic rings. The van der Waals surface area contributed by atoms with E-state index in [-0.39, 0.29) is 11.7 Å². The molecule has 2 heterocycles. The maximum atomic E-state index is 13.2. The van der Waals surface area contributed by atoms with E-state index in [4.69, 9.17) is 0 Å². The van der Waals surface area contributed by atoms with Crippen LogP contribution in [0.15, 0.2) is 53.9 Å². The highest BCUT2D eigenvalue weighted by Gasteiger charge is 2.16. The van der Waals surface area contributed by atoms with Crippen molar-refractivity contribution in [3.8, 4) is 11.4 Å². The SMILES string of the molecule is CC(C)Cn1c(SCC(=O)Nc2cccc(F)c2)nnc1-c1cccnc1. The Hall–Kier alpha value is -2.74. The van der Waals surface area contributed by atoms with Crippen LogP contribution >= 0.6 is 11.8 Å². The topological polar surface area (TPSA) is 72.7 Å². The van der Waals surface area contributed by atoms with Gasteiger partial charge in [0.25, 0.3) is 0 Å². The molecule has 140 valence electrons. The summed E-state index contributed by atoms with van der Waals surface area (Å²) in [6, 6.07) is 9.59. The third-order valence-corrected chi connectivity index (χ3v) is 4.59. The van der Waals surface area contributed by atoms with Gasteiger partial charge in [-0.2, -0.15) is 0 Å². The van der Waals surface area contributed by atoms with Crippen molar-refractivity contribution in [1.82, 2.24) is 19.7 Å². The number of carbonyl (C=O) groups excluding carboxylic acids is 1. The summed E-state index contributed by atoms with van der Waals surface area (Å²) in [7, 11) is 0. The van der Waals surface area contributed by atoms with Crippen molar-refractivity contribution in [3.63, 3.8) is 0 Å². The van der Waals surface area contributed by atoms with Crippen LogP contribution < -0.4 is 5.32 Å². The van der Waals surface area contributed by atoms with Crippen molar-refractivity contribution < 1.29 is 9.18 Å². The molecule has 0 atom stereocenters. The third-order valence-electron chi connectivity index (χ3n) is 3.63. The molecule has 8 heteroatoms. The van der Waals surface area contributed by atoms with Gasteiger partial charge in [0.1, 0.15) is 5.82 Å². The Balaban J connectivity index is 1.72. The lowest BCUT2D eigenvalue weighted by atomic mass is 10.2. The van der Waals surface area contributed by atoms with Crippen LogP contribution in [0.4, 0.5) is 10.1 Å². The van der Waals surface area contributed by atoms with Crippen LogP contribution in [0, 0.1) is 11.7 Å². The lowest BCUT2D eigenvalue weighted by molar-refractivity contribution is -0.113. The molecule has 0 aliphatic carbocycles. The van der Waals surface area contributed by atoms with E-state index < -0.39 is 5.82 Å². The summed E-state index contributed by atoms with van der Waals surface area (Å²) >= 11 is 1.30. The Morgan fingerprint density at radius 3 is 2.81 bits per heavy atom. The Bertz CT molecular complexity index is 913. The second-order valence-electron chi connectivity index (χ2n) is 6.40. The first-order valence-corrected chi connectivity index (χ1v) is 9.53. The Kier molecular flexibility index (Phi) is 6.18. The second-order valence-corrected chi connectivity index (χ2v) is 7.34. The van der Waals surface area contributed by atoms with Crippen LogP contribution in [-0.2, 0) is 11.3 Å². The highest BCUT2D eigenvalue weighted by molar-refractivity contribution is 7.99. The molecule has 0 spiro atoms. The van der Waals surface area contributed by atoms with Crippen LogP contribution in [-0.4, -0.2) is 31.4 Å². The number of hydrogen-bond donors (Lipinski definition) is 1. The fraction of sp³-hybridized carbons (Fsp3) is 0.263. The zero-order valence-corrected chi connectivity index (χ0v) is 15.9. The van der Waals surface area contributed by atoms with Crippen molar-refractivity contribution in [1.29, 1.82) is 0 Å². The van der Waals surface area contributed by atoms with Gasteiger partial charge in [0.2, 0.25) is 5.91 Å². The summed E-state index contributed by atoms with van der Waals surface area (Å²) in [6.45, 7) is 4.95. The minimum atomic E-state index is -0.391. The monoisotopic (exact) mass is 385 g/mol. The van der Waals surface area contributed by atoms with Gasteiger partial charge in [-0.15, -0.1) is 10.2 Å². The number of thioether (sulfide) groups is 1. The molecule has 0 saturated carbocycles. The Morgan fingerprint density at radius 1 is 1.26 bits per heavy atom. The highest BCUT2D eigenvalue weighted by atomic mass is 32.2. The summed E-state index contributed by atoms with van der Waals surface area (Å²) < 4.78 is 15.2. The number of halogens is 1. The van der Waals surface area contributed by atoms with Crippen molar-refractivity contribution >= 4 is 23.4 Å². The van der Waals surface area contributed by atoms with Crippen LogP contribution in [0.2, 0.25) is 0 Å². The highest BCUT2D eigenvalue weighted by Crippen LogP contribution is 2.25. The summed E-state index contributed by atoms with van der Waals surface area (Å²) in [5.74, 6) is 0.646. The number of hydrogen-bond acceptors (Lipinski definition) is 5. The fourth-order valence-electron chi connectivity index (χ4n) is 2.53. The normalized spacial score (nSPS) is 11.0. The van der Waals surface area contributed by atoms with Gasteiger partial charge in [0.15, 0.2) is 11.0 Å². The number of amides is 1. The molecular formula is C19H20FN5OS. The van der Waals surface area contributed by atoms with E-state index in [1.165, 1.54) is 23.9 Å². The number of carbonyl (C=O) groups is 1. The average Bonchev–Trinajstić information content (AvgIpc) is 3.02. The van der Waals surface area contributed by atoms with Gasteiger partial charge < -0.3 is 9.88 Å². The van der Waals surface area contributed by atoms with E-state index >= 15 is 0 Å². The smallest absolute Gasteiger partial charge is 0.234 e. The molecule has 0 bridgehead atoms. The van der Waals surface area contributed by atoms with Gasteiger partial charge in [0.05, 0.1) is 5.75 Å². The first-order valence-electron chi connectivity index (χ1n) is 8.54. The van der Waals surface area contributed by atoms with Crippen molar-refractivity contribution in [3.05, 3.63) is 54.6 Å². The van der Waals surface area contributed by atoms with E-state index in [1.807, 2.05) is 16.7 Å². The molecule has 27 heavy (non-hydrogen) atoms. The number of nitrogens with zero attached hydrogens (tertiary/aromatic N) is 4. The predicted octanol–water partition coefficient (Wildman–Crippen LogP) is 3.87. The maximum absolute atomic E-state index is 13.2. The van der Waals surface area contributed by atoms with Crippen molar-refractivity contribution in [2.45, 2.75) is 25.5 Å². The number of aromatic nitrogens is 4. The third kappa shape index (κ3) is 5.13. The summed E-state index contributed by atoms with van der Waals surface area (Å²) in [4.78, 5) is 16.3. The molecule has 0 radical (unpaired) electrons. The first kappa shape index (κ1) is 19.0. The second kappa shape index (κ2) is 8.77. The van der Waals surface area contributed by atoms with E-state index in [1.54, 1.807) is 24.5 Å². The molecule has 1 N–H and O–H groups in total. The number of anilines is 1. The van der Waals surface area contributed by atoms with Gasteiger partial charge in [-0.3, -0.25) is 9.78 Å². The molecule has 1 aromatic carbocycles.